The first kappa shape index (κ1) is 10.2. The van der Waals surface area contributed by atoms with Gasteiger partial charge in [-0.2, -0.15) is 0 Å². The monoisotopic (exact) mass is 251 g/mol. The zero-order valence-corrected chi connectivity index (χ0v) is 10.1. The molecule has 1 fully saturated rings. The van der Waals surface area contributed by atoms with Crippen LogP contribution < -0.4 is 5.73 Å². The van der Waals surface area contributed by atoms with Crippen molar-refractivity contribution in [1.29, 1.82) is 0 Å². The van der Waals surface area contributed by atoms with Gasteiger partial charge >= 0.3 is 0 Å². The van der Waals surface area contributed by atoms with E-state index in [4.69, 9.17) is 17.3 Å². The van der Waals surface area contributed by atoms with Gasteiger partial charge in [0.2, 0.25) is 0 Å². The highest BCUT2D eigenvalue weighted by Crippen LogP contribution is 2.41. The van der Waals surface area contributed by atoms with E-state index in [1.54, 1.807) is 6.20 Å². The molecule has 3 rings (SSSR count). The van der Waals surface area contributed by atoms with Gasteiger partial charge in [0.1, 0.15) is 5.82 Å². The van der Waals surface area contributed by atoms with Crippen LogP contribution in [0.15, 0.2) is 24.4 Å². The molecule has 5 heteroatoms. The molecule has 16 heavy (non-hydrogen) atoms. The van der Waals surface area contributed by atoms with E-state index in [0.717, 1.165) is 33.6 Å². The lowest BCUT2D eigenvalue weighted by Gasteiger charge is -2.07. The summed E-state index contributed by atoms with van der Waals surface area (Å²) in [5, 5.41) is 0. The smallest absolute Gasteiger partial charge is 0.148 e. The molecule has 2 heterocycles. The summed E-state index contributed by atoms with van der Waals surface area (Å²) in [4.78, 5) is 9.80. The summed E-state index contributed by atoms with van der Waals surface area (Å²) in [5.74, 6) is 0.745. The van der Waals surface area contributed by atoms with Gasteiger partial charge in [0, 0.05) is 6.20 Å². The highest BCUT2D eigenvalue weighted by atomic mass is 35.5. The zero-order valence-electron chi connectivity index (χ0n) is 8.48. The van der Waals surface area contributed by atoms with Crippen LogP contribution in [0, 0.1) is 0 Å². The van der Waals surface area contributed by atoms with E-state index in [1.165, 1.54) is 11.3 Å². The number of nitrogens with two attached hydrogens (primary N) is 1. The molecule has 0 aliphatic heterocycles. The van der Waals surface area contributed by atoms with Gasteiger partial charge in [0.15, 0.2) is 0 Å². The fraction of sp³-hybridized carbons (Fsp3) is 0.273. The van der Waals surface area contributed by atoms with Gasteiger partial charge in [-0.3, -0.25) is 0 Å². The number of aromatic nitrogens is 2. The van der Waals surface area contributed by atoms with E-state index in [1.807, 2.05) is 18.2 Å². The minimum Gasteiger partial charge on any atom is -0.319 e. The van der Waals surface area contributed by atoms with Crippen molar-refractivity contribution in [3.8, 4) is 10.6 Å². The van der Waals surface area contributed by atoms with E-state index in [-0.39, 0.29) is 5.54 Å². The molecular formula is C11H10ClN3S. The summed E-state index contributed by atoms with van der Waals surface area (Å²) >= 11 is 7.42. The lowest BCUT2D eigenvalue weighted by Crippen LogP contribution is -2.22. The van der Waals surface area contributed by atoms with Crippen LogP contribution in [0.5, 0.6) is 0 Å². The summed E-state index contributed by atoms with van der Waals surface area (Å²) in [6.45, 7) is 0. The zero-order chi connectivity index (χ0) is 11.2. The maximum absolute atomic E-state index is 6.07. The molecule has 2 aromatic heterocycles. The number of rotatable bonds is 2. The van der Waals surface area contributed by atoms with Crippen molar-refractivity contribution in [1.82, 2.24) is 9.97 Å². The molecule has 2 aromatic rings. The predicted octanol–water partition coefficient (Wildman–Crippen LogP) is 2.81. The number of hydrogen-bond acceptors (Lipinski definition) is 4. The summed E-state index contributed by atoms with van der Waals surface area (Å²) in [6, 6.07) is 5.73. The molecule has 0 spiro atoms. The Balaban J connectivity index is 2.02. The Kier molecular flexibility index (Phi) is 2.24. The number of halogens is 1. The van der Waals surface area contributed by atoms with Crippen molar-refractivity contribution in [2.24, 2.45) is 5.73 Å². The van der Waals surface area contributed by atoms with Gasteiger partial charge in [-0.05, 0) is 31.0 Å². The van der Waals surface area contributed by atoms with Crippen LogP contribution in [0.4, 0.5) is 0 Å². The van der Waals surface area contributed by atoms with Gasteiger partial charge < -0.3 is 5.73 Å². The van der Waals surface area contributed by atoms with Crippen LogP contribution in [0.1, 0.15) is 18.7 Å². The largest absolute Gasteiger partial charge is 0.319 e. The van der Waals surface area contributed by atoms with Crippen LogP contribution in [-0.2, 0) is 5.54 Å². The van der Waals surface area contributed by atoms with E-state index in [0.29, 0.717) is 0 Å². The third-order valence-electron chi connectivity index (χ3n) is 2.72. The molecule has 1 aliphatic rings. The molecular weight excluding hydrogens is 242 g/mol. The van der Waals surface area contributed by atoms with Crippen LogP contribution in [0.25, 0.3) is 10.6 Å². The molecule has 3 nitrogen and oxygen atoms in total. The van der Waals surface area contributed by atoms with Gasteiger partial charge in [-0.25, -0.2) is 9.97 Å². The second-order valence-electron chi connectivity index (χ2n) is 4.03. The van der Waals surface area contributed by atoms with Gasteiger partial charge in [-0.1, -0.05) is 11.6 Å². The molecule has 0 aromatic carbocycles. The number of thiophene rings is 1. The number of nitrogens with zero attached hydrogens (tertiary/aromatic N) is 2. The third kappa shape index (κ3) is 1.73. The first-order valence-electron chi connectivity index (χ1n) is 5.05. The van der Waals surface area contributed by atoms with Crippen LogP contribution in [0.2, 0.25) is 4.34 Å². The van der Waals surface area contributed by atoms with Crippen LogP contribution >= 0.6 is 22.9 Å². The normalized spacial score (nSPS) is 17.4. The van der Waals surface area contributed by atoms with Crippen LogP contribution in [-0.4, -0.2) is 9.97 Å². The maximum atomic E-state index is 6.07. The van der Waals surface area contributed by atoms with Crippen molar-refractivity contribution in [3.05, 3.63) is 34.6 Å². The molecule has 0 unspecified atom stereocenters. The van der Waals surface area contributed by atoms with Crippen molar-refractivity contribution in [2.75, 3.05) is 0 Å². The molecule has 0 bridgehead atoms. The fourth-order valence-electron chi connectivity index (χ4n) is 1.55. The highest BCUT2D eigenvalue weighted by Gasteiger charge is 2.43. The van der Waals surface area contributed by atoms with Gasteiger partial charge in [0.25, 0.3) is 0 Å². The first-order valence-corrected chi connectivity index (χ1v) is 6.25. The van der Waals surface area contributed by atoms with Crippen molar-refractivity contribution < 1.29 is 0 Å². The second-order valence-corrected chi connectivity index (χ2v) is 5.74. The minimum atomic E-state index is -0.281. The van der Waals surface area contributed by atoms with Crippen LogP contribution in [0.3, 0.4) is 0 Å². The van der Waals surface area contributed by atoms with Crippen molar-refractivity contribution in [2.45, 2.75) is 18.4 Å². The van der Waals surface area contributed by atoms with Crippen molar-refractivity contribution in [3.63, 3.8) is 0 Å². The topological polar surface area (TPSA) is 51.8 Å². The second kappa shape index (κ2) is 3.52. The van der Waals surface area contributed by atoms with Gasteiger partial charge in [-0.15, -0.1) is 11.3 Å². The predicted molar refractivity (Wildman–Crippen MR) is 65.5 cm³/mol. The van der Waals surface area contributed by atoms with E-state index >= 15 is 0 Å². The minimum absolute atomic E-state index is 0.281. The number of hydrogen-bond donors (Lipinski definition) is 1. The Bertz CT molecular complexity index is 534. The third-order valence-corrected chi connectivity index (χ3v) is 3.97. The highest BCUT2D eigenvalue weighted by molar-refractivity contribution is 7.19. The lowest BCUT2D eigenvalue weighted by atomic mass is 10.2. The molecule has 2 N–H and O–H groups in total. The SMILES string of the molecule is NC1(c2nccc(-c3ccc(Cl)s3)n2)CC1. The van der Waals surface area contributed by atoms with Crippen molar-refractivity contribution >= 4 is 22.9 Å². The average Bonchev–Trinajstić information content (AvgIpc) is 2.89. The van der Waals surface area contributed by atoms with Gasteiger partial charge in [0.05, 0.1) is 20.4 Å². The molecule has 0 atom stereocenters. The Morgan fingerprint density at radius 1 is 1.31 bits per heavy atom. The summed E-state index contributed by atoms with van der Waals surface area (Å²) in [6.07, 6.45) is 3.71. The van der Waals surface area contributed by atoms with E-state index in [9.17, 15) is 0 Å². The fourth-order valence-corrected chi connectivity index (χ4v) is 2.56. The maximum Gasteiger partial charge on any atom is 0.148 e. The first-order chi connectivity index (χ1) is 7.67. The molecule has 1 aliphatic carbocycles. The Morgan fingerprint density at radius 3 is 2.75 bits per heavy atom. The summed E-state index contributed by atoms with van der Waals surface area (Å²) in [5.41, 5.74) is 6.69. The standard InChI is InChI=1S/C11H10ClN3S/c12-9-2-1-8(16-9)7-3-6-14-10(15-7)11(13)4-5-11/h1-3,6H,4-5,13H2. The average molecular weight is 252 g/mol. The Labute approximate surface area is 102 Å². The summed E-state index contributed by atoms with van der Waals surface area (Å²) in [7, 11) is 0. The molecule has 0 radical (unpaired) electrons. The molecule has 0 amide bonds. The van der Waals surface area contributed by atoms with E-state index in [2.05, 4.69) is 9.97 Å². The Hall–Kier alpha value is -0.970. The molecule has 82 valence electrons. The quantitative estimate of drug-likeness (QED) is 0.893. The molecule has 1 saturated carbocycles. The van der Waals surface area contributed by atoms with E-state index < -0.39 is 0 Å². The summed E-state index contributed by atoms with van der Waals surface area (Å²) < 4.78 is 0.768. The Morgan fingerprint density at radius 2 is 2.12 bits per heavy atom. The molecule has 0 saturated heterocycles. The lowest BCUT2D eigenvalue weighted by molar-refractivity contribution is 0.673.